The number of aromatic amines is 1. The first-order valence-corrected chi connectivity index (χ1v) is 11.7. The molecule has 0 aliphatic carbocycles. The number of carbonyl (C=O) groups excluding carboxylic acids is 4. The van der Waals surface area contributed by atoms with Gasteiger partial charge in [-0.05, 0) is 24.5 Å². The maximum atomic E-state index is 13.0. The maximum absolute atomic E-state index is 13.0. The van der Waals surface area contributed by atoms with Crippen molar-refractivity contribution in [1.82, 2.24) is 20.9 Å². The average Bonchev–Trinajstić information content (AvgIpc) is 3.22. The summed E-state index contributed by atoms with van der Waals surface area (Å²) in [7, 11) is 0. The minimum atomic E-state index is -1.56. The highest BCUT2D eigenvalue weighted by molar-refractivity contribution is 5.96. The first kappa shape index (κ1) is 29.3. The molecule has 0 saturated carbocycles. The van der Waals surface area contributed by atoms with Gasteiger partial charge in [0.05, 0.1) is 18.6 Å². The Morgan fingerprint density at radius 1 is 0.946 bits per heavy atom. The molecule has 1 heterocycles. The molecule has 1 aromatic carbocycles. The number of fused-ring (bicyclic) bond motifs is 1. The topological polar surface area (TPSA) is 230 Å². The fourth-order valence-corrected chi connectivity index (χ4v) is 3.62. The molecule has 2 aromatic rings. The predicted molar refractivity (Wildman–Crippen MR) is 134 cm³/mol. The lowest BCUT2D eigenvalue weighted by Gasteiger charge is -2.26. The minimum absolute atomic E-state index is 0.0816. The number of carboxylic acids is 1. The number of carbonyl (C=O) groups is 5. The number of rotatable bonds is 13. The van der Waals surface area contributed by atoms with Gasteiger partial charge in [0.2, 0.25) is 23.6 Å². The molecule has 0 aliphatic heterocycles. The highest BCUT2D eigenvalue weighted by Gasteiger charge is 2.33. The molecule has 1 aromatic heterocycles. The van der Waals surface area contributed by atoms with Gasteiger partial charge >= 0.3 is 5.97 Å². The monoisotopic (exact) mass is 518 g/mol. The summed E-state index contributed by atoms with van der Waals surface area (Å²) >= 11 is 0. The van der Waals surface area contributed by atoms with Crippen LogP contribution in [-0.2, 0) is 30.4 Å². The van der Waals surface area contributed by atoms with Crippen LogP contribution in [0.3, 0.4) is 0 Å². The molecule has 2 rings (SSSR count). The van der Waals surface area contributed by atoms with Crippen molar-refractivity contribution in [1.29, 1.82) is 0 Å². The van der Waals surface area contributed by atoms with Crippen molar-refractivity contribution < 1.29 is 34.2 Å². The second kappa shape index (κ2) is 12.8. The summed E-state index contributed by atoms with van der Waals surface area (Å²) < 4.78 is 0. The number of aliphatic hydroxyl groups excluding tert-OH is 1. The van der Waals surface area contributed by atoms with Crippen molar-refractivity contribution in [2.24, 2.45) is 17.4 Å². The van der Waals surface area contributed by atoms with Crippen molar-refractivity contribution in [3.8, 4) is 0 Å². The lowest BCUT2D eigenvalue weighted by Crippen LogP contribution is -2.60. The Morgan fingerprint density at radius 3 is 2.14 bits per heavy atom. The first-order valence-electron chi connectivity index (χ1n) is 11.7. The molecule has 0 saturated heterocycles. The van der Waals surface area contributed by atoms with E-state index in [4.69, 9.17) is 11.5 Å². The number of aromatic nitrogens is 1. The van der Waals surface area contributed by atoms with Crippen molar-refractivity contribution in [2.45, 2.75) is 63.9 Å². The molecule has 5 unspecified atom stereocenters. The fourth-order valence-electron chi connectivity index (χ4n) is 3.62. The summed E-state index contributed by atoms with van der Waals surface area (Å²) in [6, 6.07) is 1.81. The number of benzene rings is 1. The number of nitrogens with two attached hydrogens (primary N) is 2. The second-order valence-electron chi connectivity index (χ2n) is 9.19. The van der Waals surface area contributed by atoms with Crippen LogP contribution in [0.2, 0.25) is 0 Å². The van der Waals surface area contributed by atoms with Gasteiger partial charge in [-0.2, -0.15) is 0 Å². The third kappa shape index (κ3) is 8.02. The van der Waals surface area contributed by atoms with E-state index in [0.29, 0.717) is 5.56 Å². The van der Waals surface area contributed by atoms with E-state index in [1.54, 1.807) is 32.2 Å². The van der Waals surface area contributed by atoms with Gasteiger partial charge in [-0.15, -0.1) is 0 Å². The van der Waals surface area contributed by atoms with E-state index in [0.717, 1.165) is 10.9 Å². The third-order valence-corrected chi connectivity index (χ3v) is 5.84. The number of nitrogens with one attached hydrogen (secondary N) is 4. The van der Waals surface area contributed by atoms with E-state index in [1.165, 1.54) is 6.92 Å². The Bertz CT molecular complexity index is 1150. The molecule has 37 heavy (non-hydrogen) atoms. The molecule has 13 nitrogen and oxygen atoms in total. The van der Waals surface area contributed by atoms with Gasteiger partial charge in [0, 0.05) is 23.5 Å². The van der Waals surface area contributed by atoms with Crippen LogP contribution in [0.4, 0.5) is 0 Å². The fraction of sp³-hybridized carbons (Fsp3) is 0.458. The summed E-state index contributed by atoms with van der Waals surface area (Å²) in [5.41, 5.74) is 12.4. The van der Waals surface area contributed by atoms with E-state index < -0.39 is 66.3 Å². The molecule has 5 atom stereocenters. The Morgan fingerprint density at radius 2 is 1.57 bits per heavy atom. The molecule has 0 spiro atoms. The van der Waals surface area contributed by atoms with Crippen molar-refractivity contribution in [3.63, 3.8) is 0 Å². The van der Waals surface area contributed by atoms with E-state index in [-0.39, 0.29) is 12.3 Å². The van der Waals surface area contributed by atoms with E-state index in [9.17, 15) is 34.2 Å². The normalized spacial score (nSPS) is 15.3. The Balaban J connectivity index is 2.18. The molecule has 13 heteroatoms. The van der Waals surface area contributed by atoms with Crippen LogP contribution in [-0.4, -0.2) is 75.1 Å². The molecule has 0 radical (unpaired) electrons. The summed E-state index contributed by atoms with van der Waals surface area (Å²) in [6.45, 7) is 4.64. The predicted octanol–water partition coefficient (Wildman–Crippen LogP) is -1.51. The summed E-state index contributed by atoms with van der Waals surface area (Å²) in [6.07, 6.45) is -0.480. The van der Waals surface area contributed by atoms with Gasteiger partial charge in [-0.25, -0.2) is 4.79 Å². The number of hydrogen-bond acceptors (Lipinski definition) is 7. The summed E-state index contributed by atoms with van der Waals surface area (Å²) in [4.78, 5) is 64.7. The smallest absolute Gasteiger partial charge is 0.326 e. The number of hydrogen-bond donors (Lipinski definition) is 8. The van der Waals surface area contributed by atoms with Gasteiger partial charge in [0.15, 0.2) is 0 Å². The number of para-hydroxylation sites is 1. The van der Waals surface area contributed by atoms with E-state index >= 15 is 0 Å². The lowest BCUT2D eigenvalue weighted by molar-refractivity contribution is -0.142. The Hall–Kier alpha value is -3.97. The molecule has 0 bridgehead atoms. The van der Waals surface area contributed by atoms with Gasteiger partial charge in [-0.3, -0.25) is 19.2 Å². The lowest BCUT2D eigenvalue weighted by atomic mass is 10.0. The number of carboxylic acid groups (broad SMARTS) is 1. The molecule has 202 valence electrons. The van der Waals surface area contributed by atoms with Crippen LogP contribution in [0.25, 0.3) is 10.9 Å². The zero-order valence-corrected chi connectivity index (χ0v) is 20.9. The van der Waals surface area contributed by atoms with Crippen molar-refractivity contribution >= 4 is 40.5 Å². The molecular weight excluding hydrogens is 484 g/mol. The molecule has 0 fully saturated rings. The largest absolute Gasteiger partial charge is 0.480 e. The number of aliphatic hydroxyl groups is 1. The number of primary amides is 1. The second-order valence-corrected chi connectivity index (χ2v) is 9.19. The van der Waals surface area contributed by atoms with Crippen LogP contribution in [0.5, 0.6) is 0 Å². The van der Waals surface area contributed by atoms with Gasteiger partial charge < -0.3 is 42.6 Å². The van der Waals surface area contributed by atoms with Crippen LogP contribution in [0, 0.1) is 5.92 Å². The van der Waals surface area contributed by atoms with Crippen molar-refractivity contribution in [3.05, 3.63) is 36.0 Å². The number of aliphatic carboxylic acids is 1. The third-order valence-electron chi connectivity index (χ3n) is 5.84. The average molecular weight is 519 g/mol. The van der Waals surface area contributed by atoms with E-state index in [2.05, 4.69) is 20.9 Å². The summed E-state index contributed by atoms with van der Waals surface area (Å²) in [5, 5.41) is 27.4. The molecular formula is C24H34N6O7. The zero-order chi connectivity index (χ0) is 27.9. The van der Waals surface area contributed by atoms with Crippen LogP contribution >= 0.6 is 0 Å². The molecule has 0 aliphatic rings. The SMILES string of the molecule is CC(C)C(N)C(=O)NC(C(=O)NC(CC(N)=O)C(=O)NC(Cc1c[nH]c2ccccc12)C(=O)O)C(C)O. The molecule has 4 amide bonds. The van der Waals surface area contributed by atoms with E-state index in [1.807, 2.05) is 12.1 Å². The molecule has 10 N–H and O–H groups in total. The van der Waals surface area contributed by atoms with Crippen LogP contribution < -0.4 is 27.4 Å². The number of amides is 4. The summed E-state index contributed by atoms with van der Waals surface area (Å²) in [5.74, 6) is -5.19. The zero-order valence-electron chi connectivity index (χ0n) is 20.9. The number of H-pyrrole nitrogens is 1. The van der Waals surface area contributed by atoms with Crippen LogP contribution in [0.15, 0.2) is 30.5 Å². The first-order chi connectivity index (χ1) is 17.3. The maximum Gasteiger partial charge on any atom is 0.326 e. The van der Waals surface area contributed by atoms with Gasteiger partial charge in [0.25, 0.3) is 0 Å². The standard InChI is InChI=1S/C24H34N6O7/c1-11(2)19(26)22(34)30-20(12(3)31)23(35)28-16(9-18(25)32)21(33)29-17(24(36)37)8-13-10-27-15-7-5-4-6-14(13)15/h4-7,10-12,16-17,19-20,27,31H,8-9,26H2,1-3H3,(H2,25,32)(H,28,35)(H,29,33)(H,30,34)(H,36,37). The van der Waals surface area contributed by atoms with Gasteiger partial charge in [0.1, 0.15) is 18.1 Å². The minimum Gasteiger partial charge on any atom is -0.480 e. The quantitative estimate of drug-likeness (QED) is 0.155. The van der Waals surface area contributed by atoms with Crippen molar-refractivity contribution in [2.75, 3.05) is 0 Å². The Kier molecular flexibility index (Phi) is 10.1. The Labute approximate surface area is 213 Å². The highest BCUT2D eigenvalue weighted by Crippen LogP contribution is 2.19. The highest BCUT2D eigenvalue weighted by atomic mass is 16.4. The van der Waals surface area contributed by atoms with Gasteiger partial charge in [-0.1, -0.05) is 32.0 Å². The van der Waals surface area contributed by atoms with Crippen LogP contribution in [0.1, 0.15) is 32.8 Å².